The summed E-state index contributed by atoms with van der Waals surface area (Å²) in [6.45, 7) is 6.64. The third kappa shape index (κ3) is 3.48. The van der Waals surface area contributed by atoms with Crippen LogP contribution < -0.4 is 5.32 Å². The van der Waals surface area contributed by atoms with Gasteiger partial charge in [0.2, 0.25) is 5.91 Å². The van der Waals surface area contributed by atoms with Crippen molar-refractivity contribution in [2.45, 2.75) is 39.8 Å². The van der Waals surface area contributed by atoms with E-state index in [1.54, 1.807) is 17.5 Å². The van der Waals surface area contributed by atoms with Gasteiger partial charge in [0, 0.05) is 25.4 Å². The molecule has 2 atom stereocenters. The Balaban J connectivity index is 1.64. The molecule has 3 aromatic rings. The number of fused-ring (bicyclic) bond motifs is 1. The number of nitrogens with zero attached hydrogens (tertiary/aromatic N) is 3. The molecule has 0 bridgehead atoms. The quantitative estimate of drug-likeness (QED) is 0.745. The van der Waals surface area contributed by atoms with Crippen LogP contribution in [0.4, 0.5) is 0 Å². The number of hydrogen-bond donors (Lipinski definition) is 1. The Morgan fingerprint density at radius 2 is 2.12 bits per heavy atom. The van der Waals surface area contributed by atoms with Crippen LogP contribution in [0.25, 0.3) is 10.2 Å². The molecule has 0 aliphatic heterocycles. The number of aromatic nitrogens is 3. The van der Waals surface area contributed by atoms with Gasteiger partial charge in [-0.1, -0.05) is 26.0 Å². The van der Waals surface area contributed by atoms with E-state index in [0.717, 1.165) is 27.5 Å². The molecule has 2 aromatic heterocycles. The number of rotatable bonds is 6. The second-order valence-corrected chi connectivity index (χ2v) is 7.06. The van der Waals surface area contributed by atoms with Crippen LogP contribution in [0.3, 0.4) is 0 Å². The highest BCUT2D eigenvalue weighted by Crippen LogP contribution is 2.26. The second-order valence-electron chi connectivity index (χ2n) is 6.00. The number of amides is 1. The number of imidazole rings is 1. The van der Waals surface area contributed by atoms with Gasteiger partial charge in [-0.2, -0.15) is 0 Å². The fraction of sp³-hybridized carbons (Fsp3) is 0.389. The van der Waals surface area contributed by atoms with Crippen LogP contribution in [-0.2, 0) is 17.8 Å². The van der Waals surface area contributed by atoms with Crippen molar-refractivity contribution in [2.24, 2.45) is 5.92 Å². The Labute approximate surface area is 145 Å². The van der Waals surface area contributed by atoms with Crippen molar-refractivity contribution < 1.29 is 4.79 Å². The van der Waals surface area contributed by atoms with Crippen LogP contribution in [0.2, 0.25) is 0 Å². The van der Waals surface area contributed by atoms with Gasteiger partial charge in [-0.05, 0) is 19.1 Å². The predicted molar refractivity (Wildman–Crippen MR) is 96.9 cm³/mol. The van der Waals surface area contributed by atoms with E-state index in [0.29, 0.717) is 6.54 Å². The first-order chi connectivity index (χ1) is 11.6. The molecule has 0 saturated carbocycles. The molecule has 1 amide bonds. The minimum absolute atomic E-state index is 0.0394. The van der Waals surface area contributed by atoms with E-state index in [1.165, 1.54) is 0 Å². The molecule has 0 aliphatic carbocycles. The van der Waals surface area contributed by atoms with Gasteiger partial charge < -0.3 is 9.88 Å². The molecule has 1 aromatic carbocycles. The lowest BCUT2D eigenvalue weighted by atomic mass is 10.1. The van der Waals surface area contributed by atoms with Crippen molar-refractivity contribution in [2.75, 3.05) is 0 Å². The summed E-state index contributed by atoms with van der Waals surface area (Å²) in [5, 5.41) is 4.02. The first-order valence-corrected chi connectivity index (χ1v) is 9.06. The van der Waals surface area contributed by atoms with Crippen molar-refractivity contribution in [3.63, 3.8) is 0 Å². The Morgan fingerprint density at radius 3 is 2.88 bits per heavy atom. The number of hydrogen-bond acceptors (Lipinski definition) is 4. The van der Waals surface area contributed by atoms with Crippen LogP contribution in [0.1, 0.15) is 37.6 Å². The first-order valence-electron chi connectivity index (χ1n) is 8.24. The largest absolute Gasteiger partial charge is 0.347 e. The highest BCUT2D eigenvalue weighted by Gasteiger charge is 2.19. The Bertz CT molecular complexity index is 805. The zero-order chi connectivity index (χ0) is 17.1. The zero-order valence-corrected chi connectivity index (χ0v) is 15.0. The molecular formula is C18H22N4OS. The maximum absolute atomic E-state index is 12.5. The summed E-state index contributed by atoms with van der Waals surface area (Å²) in [4.78, 5) is 21.4. The number of para-hydroxylation sites is 1. The van der Waals surface area contributed by atoms with Gasteiger partial charge in [-0.3, -0.25) is 4.79 Å². The molecule has 2 unspecified atom stereocenters. The van der Waals surface area contributed by atoms with Gasteiger partial charge in [0.05, 0.1) is 22.2 Å². The number of carbonyl (C=O) groups is 1. The number of carbonyl (C=O) groups excluding carboxylic acids is 1. The molecular weight excluding hydrogens is 320 g/mol. The van der Waals surface area contributed by atoms with E-state index in [2.05, 4.69) is 28.3 Å². The number of thiazole rings is 1. The lowest BCUT2D eigenvalue weighted by Gasteiger charge is -2.17. The van der Waals surface area contributed by atoms with Gasteiger partial charge in [0.1, 0.15) is 10.8 Å². The fourth-order valence-electron chi connectivity index (χ4n) is 2.69. The van der Waals surface area contributed by atoms with Crippen LogP contribution in [-0.4, -0.2) is 20.4 Å². The molecule has 6 heteroatoms. The Morgan fingerprint density at radius 1 is 1.33 bits per heavy atom. The topological polar surface area (TPSA) is 59.8 Å². The van der Waals surface area contributed by atoms with Crippen molar-refractivity contribution in [3.8, 4) is 0 Å². The van der Waals surface area contributed by atoms with E-state index in [4.69, 9.17) is 0 Å². The molecule has 0 spiro atoms. The van der Waals surface area contributed by atoms with Crippen LogP contribution >= 0.6 is 11.3 Å². The molecule has 0 fully saturated rings. The van der Waals surface area contributed by atoms with Crippen LogP contribution in [0.15, 0.2) is 36.7 Å². The smallest absolute Gasteiger partial charge is 0.225 e. The summed E-state index contributed by atoms with van der Waals surface area (Å²) in [6.07, 6.45) is 4.58. The Hall–Kier alpha value is -2.21. The van der Waals surface area contributed by atoms with E-state index in [9.17, 15) is 4.79 Å². The summed E-state index contributed by atoms with van der Waals surface area (Å²) >= 11 is 1.63. The molecule has 1 N–H and O–H groups in total. The van der Waals surface area contributed by atoms with Gasteiger partial charge in [0.25, 0.3) is 0 Å². The number of benzene rings is 1. The minimum Gasteiger partial charge on any atom is -0.347 e. The lowest BCUT2D eigenvalue weighted by molar-refractivity contribution is -0.125. The summed E-state index contributed by atoms with van der Waals surface area (Å²) in [6, 6.07) is 7.95. The van der Waals surface area contributed by atoms with Gasteiger partial charge >= 0.3 is 0 Å². The van der Waals surface area contributed by atoms with Gasteiger partial charge in [0.15, 0.2) is 0 Å². The lowest BCUT2D eigenvalue weighted by Crippen LogP contribution is -2.33. The van der Waals surface area contributed by atoms with Crippen molar-refractivity contribution in [3.05, 3.63) is 47.5 Å². The summed E-state index contributed by atoms with van der Waals surface area (Å²) in [7, 11) is 0. The molecule has 0 saturated heterocycles. The molecule has 2 heterocycles. The second kappa shape index (κ2) is 7.13. The fourth-order valence-corrected chi connectivity index (χ4v) is 3.66. The summed E-state index contributed by atoms with van der Waals surface area (Å²) in [5.41, 5.74) is 0.984. The minimum atomic E-state index is -0.124. The third-order valence-electron chi connectivity index (χ3n) is 4.08. The van der Waals surface area contributed by atoms with Gasteiger partial charge in [-0.25, -0.2) is 9.97 Å². The maximum Gasteiger partial charge on any atom is 0.225 e. The van der Waals surface area contributed by atoms with Gasteiger partial charge in [-0.15, -0.1) is 11.3 Å². The molecule has 126 valence electrons. The van der Waals surface area contributed by atoms with Crippen LogP contribution in [0.5, 0.6) is 0 Å². The summed E-state index contributed by atoms with van der Waals surface area (Å²) < 4.78 is 3.19. The van der Waals surface area contributed by atoms with E-state index in [1.807, 2.05) is 42.8 Å². The molecule has 5 nitrogen and oxygen atoms in total. The molecule has 0 radical (unpaired) electrons. The standard InChI is InChI=1S/C18H22N4OS/c1-4-16-19-9-10-22(16)11-12(2)17(23)20-13(3)18-21-14-7-5-6-8-15(14)24-18/h5-10,12-13H,4,11H2,1-3H3,(H,20,23). The molecule has 3 rings (SSSR count). The van der Waals surface area contributed by atoms with E-state index in [-0.39, 0.29) is 17.9 Å². The monoisotopic (exact) mass is 342 g/mol. The third-order valence-corrected chi connectivity index (χ3v) is 5.29. The number of nitrogens with one attached hydrogen (secondary N) is 1. The number of aryl methyl sites for hydroxylation is 1. The highest BCUT2D eigenvalue weighted by molar-refractivity contribution is 7.18. The average molecular weight is 342 g/mol. The van der Waals surface area contributed by atoms with Crippen molar-refractivity contribution in [1.82, 2.24) is 19.9 Å². The normalized spacial score (nSPS) is 13.8. The van der Waals surface area contributed by atoms with E-state index >= 15 is 0 Å². The average Bonchev–Trinajstić information content (AvgIpc) is 3.20. The van der Waals surface area contributed by atoms with Crippen molar-refractivity contribution >= 4 is 27.5 Å². The molecule has 24 heavy (non-hydrogen) atoms. The van der Waals surface area contributed by atoms with Crippen LogP contribution in [0, 0.1) is 5.92 Å². The maximum atomic E-state index is 12.5. The SMILES string of the molecule is CCc1nccn1CC(C)C(=O)NC(C)c1nc2ccccc2s1. The molecule has 0 aliphatic rings. The summed E-state index contributed by atoms with van der Waals surface area (Å²) in [5.74, 6) is 0.924. The zero-order valence-electron chi connectivity index (χ0n) is 14.2. The van der Waals surface area contributed by atoms with E-state index < -0.39 is 0 Å². The Kier molecular flexibility index (Phi) is 4.94. The predicted octanol–water partition coefficient (Wildman–Crippen LogP) is 3.57. The highest BCUT2D eigenvalue weighted by atomic mass is 32.1. The van der Waals surface area contributed by atoms with Crippen molar-refractivity contribution in [1.29, 1.82) is 0 Å². The first kappa shape index (κ1) is 16.6.